The zero-order valence-corrected chi connectivity index (χ0v) is 16.2. The first-order chi connectivity index (χ1) is 12.2. The summed E-state index contributed by atoms with van der Waals surface area (Å²) in [6, 6.07) is 21.4. The second-order valence-corrected chi connectivity index (χ2v) is 7.42. The van der Waals surface area contributed by atoms with Gasteiger partial charge in [0, 0.05) is 12.5 Å². The van der Waals surface area contributed by atoms with Crippen molar-refractivity contribution in [2.24, 2.45) is 11.8 Å². The summed E-state index contributed by atoms with van der Waals surface area (Å²) in [5.74, 6) is 2.45. The minimum atomic E-state index is 0.442. The van der Waals surface area contributed by atoms with Gasteiger partial charge in [-0.1, -0.05) is 107 Å². The molecule has 1 aliphatic carbocycles. The highest BCUT2D eigenvalue weighted by molar-refractivity contribution is 5.32. The zero-order valence-electron chi connectivity index (χ0n) is 16.2. The van der Waals surface area contributed by atoms with Gasteiger partial charge in [-0.25, -0.2) is 0 Å². The lowest BCUT2D eigenvalue weighted by Gasteiger charge is -2.24. The standard InChI is InChI=1S/C16H19N.C8H16/c1-2-17-13-16(14-9-5-3-6-10-14)15-11-7-4-8-12-15;1-7-5-3-4-6-8(7)2/h3-12,16-17H,2,13H2,1H3;7-8H,3-6H2,1-2H3. The predicted molar refractivity (Wildman–Crippen MR) is 110 cm³/mol. The second-order valence-electron chi connectivity index (χ2n) is 7.42. The molecule has 3 rings (SSSR count). The van der Waals surface area contributed by atoms with Crippen LogP contribution in [0, 0.1) is 11.8 Å². The van der Waals surface area contributed by atoms with Crippen molar-refractivity contribution in [2.45, 2.75) is 52.4 Å². The smallest absolute Gasteiger partial charge is 0.0214 e. The first-order valence-electron chi connectivity index (χ1n) is 10.0. The molecule has 0 spiro atoms. The van der Waals surface area contributed by atoms with Gasteiger partial charge in [0.15, 0.2) is 0 Å². The van der Waals surface area contributed by atoms with E-state index in [9.17, 15) is 0 Å². The summed E-state index contributed by atoms with van der Waals surface area (Å²) in [6.07, 6.45) is 5.90. The highest BCUT2D eigenvalue weighted by Crippen LogP contribution is 2.28. The van der Waals surface area contributed by atoms with Gasteiger partial charge in [-0.2, -0.15) is 0 Å². The van der Waals surface area contributed by atoms with E-state index in [1.807, 2.05) is 0 Å². The fourth-order valence-corrected chi connectivity index (χ4v) is 3.59. The van der Waals surface area contributed by atoms with E-state index in [1.54, 1.807) is 0 Å². The molecule has 2 aromatic rings. The largest absolute Gasteiger partial charge is 0.316 e. The molecule has 2 aromatic carbocycles. The number of nitrogens with one attached hydrogen (secondary N) is 1. The van der Waals surface area contributed by atoms with Gasteiger partial charge in [0.2, 0.25) is 0 Å². The molecule has 1 aliphatic rings. The Hall–Kier alpha value is -1.60. The average molecular weight is 338 g/mol. The molecule has 1 nitrogen and oxygen atoms in total. The maximum Gasteiger partial charge on any atom is 0.0214 e. The highest BCUT2D eigenvalue weighted by atomic mass is 14.8. The molecule has 25 heavy (non-hydrogen) atoms. The molecule has 1 N–H and O–H groups in total. The van der Waals surface area contributed by atoms with Crippen LogP contribution in [0.4, 0.5) is 0 Å². The van der Waals surface area contributed by atoms with Gasteiger partial charge in [0.25, 0.3) is 0 Å². The van der Waals surface area contributed by atoms with Crippen LogP contribution < -0.4 is 5.32 Å². The van der Waals surface area contributed by atoms with E-state index in [0.717, 1.165) is 24.9 Å². The van der Waals surface area contributed by atoms with Gasteiger partial charge in [-0.15, -0.1) is 0 Å². The van der Waals surface area contributed by atoms with Crippen LogP contribution in [-0.2, 0) is 0 Å². The van der Waals surface area contributed by atoms with E-state index < -0.39 is 0 Å². The van der Waals surface area contributed by atoms with Crippen molar-refractivity contribution in [3.8, 4) is 0 Å². The van der Waals surface area contributed by atoms with E-state index in [2.05, 4.69) is 86.8 Å². The van der Waals surface area contributed by atoms with Gasteiger partial charge in [0.1, 0.15) is 0 Å². The summed E-state index contributed by atoms with van der Waals surface area (Å²) < 4.78 is 0. The lowest BCUT2D eigenvalue weighted by atomic mass is 9.82. The molecule has 0 radical (unpaired) electrons. The second kappa shape index (κ2) is 11.1. The van der Waals surface area contributed by atoms with Gasteiger partial charge in [-0.3, -0.25) is 0 Å². The molecule has 0 bridgehead atoms. The molecule has 1 heteroatoms. The quantitative estimate of drug-likeness (QED) is 0.679. The van der Waals surface area contributed by atoms with E-state index >= 15 is 0 Å². The molecule has 0 aliphatic heterocycles. The Morgan fingerprint density at radius 3 is 1.60 bits per heavy atom. The van der Waals surface area contributed by atoms with E-state index in [4.69, 9.17) is 0 Å². The molecule has 0 aromatic heterocycles. The lowest BCUT2D eigenvalue weighted by Crippen LogP contribution is -2.21. The number of hydrogen-bond donors (Lipinski definition) is 1. The minimum absolute atomic E-state index is 0.442. The molecular weight excluding hydrogens is 302 g/mol. The van der Waals surface area contributed by atoms with Crippen LogP contribution in [0.1, 0.15) is 63.5 Å². The molecule has 1 saturated carbocycles. The molecule has 0 heterocycles. The molecular formula is C24H35N. The van der Waals surface area contributed by atoms with Gasteiger partial charge < -0.3 is 5.32 Å². The highest BCUT2D eigenvalue weighted by Gasteiger charge is 2.15. The van der Waals surface area contributed by atoms with Crippen molar-refractivity contribution in [1.82, 2.24) is 5.32 Å². The van der Waals surface area contributed by atoms with Gasteiger partial charge in [0.05, 0.1) is 0 Å². The van der Waals surface area contributed by atoms with Crippen LogP contribution >= 0.6 is 0 Å². The Morgan fingerprint density at radius 2 is 1.24 bits per heavy atom. The molecule has 2 unspecified atom stereocenters. The number of likely N-dealkylation sites (N-methyl/N-ethyl adjacent to an activating group) is 1. The maximum atomic E-state index is 3.45. The molecule has 2 atom stereocenters. The van der Waals surface area contributed by atoms with Crippen LogP contribution in [0.2, 0.25) is 0 Å². The third-order valence-corrected chi connectivity index (χ3v) is 5.54. The Kier molecular flexibility index (Phi) is 8.76. The minimum Gasteiger partial charge on any atom is -0.316 e. The van der Waals surface area contributed by atoms with Crippen LogP contribution in [0.15, 0.2) is 60.7 Å². The predicted octanol–water partition coefficient (Wildman–Crippen LogP) is 6.26. The normalized spacial score (nSPS) is 20.0. The number of benzene rings is 2. The number of hydrogen-bond acceptors (Lipinski definition) is 1. The first kappa shape index (κ1) is 19.7. The SMILES string of the molecule is CC1CCCCC1C.CCNCC(c1ccccc1)c1ccccc1. The summed E-state index contributed by atoms with van der Waals surface area (Å²) in [5.41, 5.74) is 2.75. The van der Waals surface area contributed by atoms with Crippen molar-refractivity contribution in [2.75, 3.05) is 13.1 Å². The molecule has 1 fully saturated rings. The van der Waals surface area contributed by atoms with Crippen molar-refractivity contribution in [3.05, 3.63) is 71.8 Å². The zero-order chi connectivity index (χ0) is 17.9. The Balaban J connectivity index is 0.000000236. The summed E-state index contributed by atoms with van der Waals surface area (Å²) in [6.45, 7) is 8.90. The van der Waals surface area contributed by atoms with Crippen molar-refractivity contribution < 1.29 is 0 Å². The van der Waals surface area contributed by atoms with E-state index in [0.29, 0.717) is 5.92 Å². The molecule has 0 saturated heterocycles. The van der Waals surface area contributed by atoms with Crippen molar-refractivity contribution >= 4 is 0 Å². The summed E-state index contributed by atoms with van der Waals surface area (Å²) >= 11 is 0. The van der Waals surface area contributed by atoms with Crippen molar-refractivity contribution in [3.63, 3.8) is 0 Å². The summed E-state index contributed by atoms with van der Waals surface area (Å²) in [4.78, 5) is 0. The summed E-state index contributed by atoms with van der Waals surface area (Å²) in [7, 11) is 0. The van der Waals surface area contributed by atoms with Crippen LogP contribution in [0.25, 0.3) is 0 Å². The van der Waals surface area contributed by atoms with Crippen LogP contribution in [-0.4, -0.2) is 13.1 Å². The maximum absolute atomic E-state index is 3.45. The number of rotatable bonds is 5. The molecule has 0 amide bonds. The van der Waals surface area contributed by atoms with E-state index in [1.165, 1.54) is 36.8 Å². The average Bonchev–Trinajstić information content (AvgIpc) is 2.67. The first-order valence-corrected chi connectivity index (χ1v) is 10.0. The third kappa shape index (κ3) is 6.66. The van der Waals surface area contributed by atoms with Gasteiger partial charge >= 0.3 is 0 Å². The van der Waals surface area contributed by atoms with Crippen molar-refractivity contribution in [1.29, 1.82) is 0 Å². The fraction of sp³-hybridized carbons (Fsp3) is 0.500. The monoisotopic (exact) mass is 337 g/mol. The lowest BCUT2D eigenvalue weighted by molar-refractivity contribution is 0.277. The van der Waals surface area contributed by atoms with Crippen LogP contribution in [0.5, 0.6) is 0 Å². The Bertz CT molecular complexity index is 514. The third-order valence-electron chi connectivity index (χ3n) is 5.54. The van der Waals surface area contributed by atoms with Crippen LogP contribution in [0.3, 0.4) is 0 Å². The fourth-order valence-electron chi connectivity index (χ4n) is 3.59. The van der Waals surface area contributed by atoms with E-state index in [-0.39, 0.29) is 0 Å². The summed E-state index contributed by atoms with van der Waals surface area (Å²) in [5, 5.41) is 3.45. The Labute approximate surface area is 154 Å². The topological polar surface area (TPSA) is 12.0 Å². The Morgan fingerprint density at radius 1 is 0.800 bits per heavy atom. The van der Waals surface area contributed by atoms with Gasteiger partial charge in [-0.05, 0) is 29.5 Å². The molecule has 136 valence electrons.